The maximum atomic E-state index is 12.6. The van der Waals surface area contributed by atoms with E-state index in [1.165, 1.54) is 23.9 Å². The summed E-state index contributed by atoms with van der Waals surface area (Å²) in [6.45, 7) is 0.275. The van der Waals surface area contributed by atoms with Crippen molar-refractivity contribution in [2.24, 2.45) is 5.92 Å². The molecule has 0 spiro atoms. The zero-order valence-corrected chi connectivity index (χ0v) is 14.6. The quantitative estimate of drug-likeness (QED) is 0.771. The number of carbonyl (C=O) groups is 2. The average Bonchev–Trinajstić information content (AvgIpc) is 2.66. The molecule has 0 bridgehead atoms. The van der Waals surface area contributed by atoms with E-state index in [9.17, 15) is 19.5 Å². The lowest BCUT2D eigenvalue weighted by Crippen LogP contribution is -2.34. The second kappa shape index (κ2) is 7.66. The van der Waals surface area contributed by atoms with Gasteiger partial charge in [0.1, 0.15) is 5.56 Å². The minimum absolute atomic E-state index is 0.0412. The summed E-state index contributed by atoms with van der Waals surface area (Å²) in [4.78, 5) is 37.3. The normalized spacial score (nSPS) is 18.8. The number of rotatable bonds is 6. The predicted octanol–water partition coefficient (Wildman–Crippen LogP) is 1.60. The average molecular weight is 354 g/mol. The first-order chi connectivity index (χ1) is 12.5. The van der Waals surface area contributed by atoms with E-state index in [1.54, 1.807) is 0 Å². The van der Waals surface area contributed by atoms with Crippen LogP contribution < -0.4 is 10.9 Å². The number of aliphatic hydroxyl groups excluding tert-OH is 1. The Kier molecular flexibility index (Phi) is 5.32. The molecule has 1 aromatic carbocycles. The monoisotopic (exact) mass is 354 g/mol. The van der Waals surface area contributed by atoms with E-state index >= 15 is 0 Å². The number of hydrogen-bond acceptors (Lipinski definition) is 4. The Morgan fingerprint density at radius 3 is 2.54 bits per heavy atom. The highest BCUT2D eigenvalue weighted by Gasteiger charge is 2.31. The maximum absolute atomic E-state index is 12.6. The summed E-state index contributed by atoms with van der Waals surface area (Å²) in [5.41, 5.74) is 0.728. The van der Waals surface area contributed by atoms with Gasteiger partial charge in [0.2, 0.25) is 0 Å². The van der Waals surface area contributed by atoms with Gasteiger partial charge in [0, 0.05) is 25.2 Å². The second-order valence-electron chi connectivity index (χ2n) is 6.67. The van der Waals surface area contributed by atoms with Crippen LogP contribution in [0.5, 0.6) is 0 Å². The number of carbonyl (C=O) groups excluding carboxylic acids is 2. The third-order valence-corrected chi connectivity index (χ3v) is 4.90. The molecule has 136 valence electrons. The molecule has 6 heteroatoms. The summed E-state index contributed by atoms with van der Waals surface area (Å²) in [7, 11) is 1.45. The topological polar surface area (TPSA) is 88.4 Å². The summed E-state index contributed by atoms with van der Waals surface area (Å²) in [5, 5.41) is 12.2. The summed E-state index contributed by atoms with van der Waals surface area (Å²) in [6, 6.07) is 10.7. The van der Waals surface area contributed by atoms with Crippen molar-refractivity contribution in [2.75, 3.05) is 7.05 Å². The molecule has 0 unspecified atom stereocenters. The van der Waals surface area contributed by atoms with Crippen LogP contribution in [0.1, 0.15) is 45.5 Å². The lowest BCUT2D eigenvalue weighted by molar-refractivity contribution is 0.0198. The van der Waals surface area contributed by atoms with Crippen molar-refractivity contribution >= 4 is 11.7 Å². The van der Waals surface area contributed by atoms with Crippen LogP contribution in [0.2, 0.25) is 0 Å². The van der Waals surface area contributed by atoms with Gasteiger partial charge >= 0.3 is 0 Å². The van der Waals surface area contributed by atoms with Crippen molar-refractivity contribution in [1.82, 2.24) is 9.88 Å². The van der Waals surface area contributed by atoms with Crippen LogP contribution in [-0.4, -0.2) is 34.5 Å². The van der Waals surface area contributed by atoms with Crippen LogP contribution in [0, 0.1) is 5.92 Å². The molecule has 26 heavy (non-hydrogen) atoms. The zero-order valence-electron chi connectivity index (χ0n) is 14.6. The van der Waals surface area contributed by atoms with Crippen molar-refractivity contribution < 1.29 is 14.7 Å². The summed E-state index contributed by atoms with van der Waals surface area (Å²) in [5.74, 6) is -0.726. The van der Waals surface area contributed by atoms with Crippen molar-refractivity contribution in [3.8, 4) is 0 Å². The van der Waals surface area contributed by atoms with Crippen molar-refractivity contribution in [3.63, 3.8) is 0 Å². The van der Waals surface area contributed by atoms with E-state index in [2.05, 4.69) is 5.32 Å². The summed E-state index contributed by atoms with van der Waals surface area (Å²) in [6.07, 6.45) is 2.83. The lowest BCUT2D eigenvalue weighted by atomic mass is 9.78. The van der Waals surface area contributed by atoms with Gasteiger partial charge in [-0.2, -0.15) is 0 Å². The summed E-state index contributed by atoms with van der Waals surface area (Å²) >= 11 is 0. The fourth-order valence-electron chi connectivity index (χ4n) is 3.13. The van der Waals surface area contributed by atoms with Gasteiger partial charge in [-0.05, 0) is 30.4 Å². The molecule has 0 radical (unpaired) electrons. The van der Waals surface area contributed by atoms with Crippen LogP contribution in [0.4, 0.5) is 0 Å². The predicted molar refractivity (Wildman–Crippen MR) is 97.3 cm³/mol. The van der Waals surface area contributed by atoms with Crippen molar-refractivity contribution in [1.29, 1.82) is 0 Å². The Labute approximate surface area is 151 Å². The molecule has 2 aromatic rings. The van der Waals surface area contributed by atoms with E-state index in [4.69, 9.17) is 0 Å². The number of aliphatic hydroxyl groups is 1. The highest BCUT2D eigenvalue weighted by Crippen LogP contribution is 2.31. The van der Waals surface area contributed by atoms with E-state index in [1.807, 2.05) is 30.3 Å². The molecule has 1 aliphatic carbocycles. The molecule has 0 aliphatic heterocycles. The van der Waals surface area contributed by atoms with Gasteiger partial charge in [0.05, 0.1) is 12.6 Å². The zero-order chi connectivity index (χ0) is 18.7. The number of nitrogens with zero attached hydrogens (tertiary/aromatic N) is 1. The van der Waals surface area contributed by atoms with Crippen molar-refractivity contribution in [3.05, 3.63) is 69.6 Å². The van der Waals surface area contributed by atoms with Gasteiger partial charge in [-0.25, -0.2) is 0 Å². The van der Waals surface area contributed by atoms with Crippen LogP contribution in [0.15, 0.2) is 47.4 Å². The van der Waals surface area contributed by atoms with Crippen LogP contribution in [0.3, 0.4) is 0 Å². The Morgan fingerprint density at radius 1 is 1.23 bits per heavy atom. The Bertz CT molecular complexity index is 873. The molecule has 3 rings (SSSR count). The number of Topliss-reactive ketones (excluding diaryl/α,β-unsaturated/α-hetero) is 1. The van der Waals surface area contributed by atoms with Gasteiger partial charge in [0.25, 0.3) is 11.5 Å². The Balaban J connectivity index is 1.95. The standard InChI is InChI=1S/C20H22N2O4/c1-21-19(25)16-9-15(18(24)10-14-7-8-17(14)23)12-22(20(16)26)11-13-5-3-2-4-6-13/h2-6,9,12,14,17,23H,7-8,10-11H2,1H3,(H,21,25)/t14-,17+/m0/s1. The van der Waals surface area contributed by atoms with Crippen molar-refractivity contribution in [2.45, 2.75) is 31.9 Å². The maximum Gasteiger partial charge on any atom is 0.263 e. The number of benzene rings is 1. The third-order valence-electron chi connectivity index (χ3n) is 4.90. The van der Waals surface area contributed by atoms with E-state index in [0.29, 0.717) is 5.56 Å². The number of hydrogen-bond donors (Lipinski definition) is 2. The minimum Gasteiger partial charge on any atom is -0.393 e. The molecule has 2 N–H and O–H groups in total. The third kappa shape index (κ3) is 3.75. The molecule has 1 aliphatic rings. The van der Waals surface area contributed by atoms with E-state index in [-0.39, 0.29) is 30.2 Å². The van der Waals surface area contributed by atoms with Gasteiger partial charge in [0.15, 0.2) is 5.78 Å². The number of nitrogens with one attached hydrogen (secondary N) is 1. The van der Waals surface area contributed by atoms with Gasteiger partial charge in [-0.3, -0.25) is 14.4 Å². The molecule has 1 amide bonds. The number of amides is 1. The smallest absolute Gasteiger partial charge is 0.263 e. The lowest BCUT2D eigenvalue weighted by Gasteiger charge is -2.31. The fraction of sp³-hybridized carbons (Fsp3) is 0.350. The van der Waals surface area contributed by atoms with Crippen LogP contribution in [-0.2, 0) is 6.54 Å². The van der Waals surface area contributed by atoms with Crippen LogP contribution in [0.25, 0.3) is 0 Å². The first kappa shape index (κ1) is 18.1. The highest BCUT2D eigenvalue weighted by molar-refractivity contribution is 6.00. The first-order valence-electron chi connectivity index (χ1n) is 8.71. The molecular formula is C20H22N2O4. The molecule has 1 aromatic heterocycles. The molecule has 1 saturated carbocycles. The molecule has 2 atom stereocenters. The molecule has 1 fully saturated rings. The minimum atomic E-state index is -0.518. The molecular weight excluding hydrogens is 332 g/mol. The Morgan fingerprint density at radius 2 is 1.96 bits per heavy atom. The number of aromatic nitrogens is 1. The number of pyridine rings is 1. The largest absolute Gasteiger partial charge is 0.393 e. The van der Waals surface area contributed by atoms with Gasteiger partial charge < -0.3 is 15.0 Å². The second-order valence-corrected chi connectivity index (χ2v) is 6.67. The first-order valence-corrected chi connectivity index (χ1v) is 8.71. The van der Waals surface area contributed by atoms with Gasteiger partial charge in [-0.15, -0.1) is 0 Å². The number of ketones is 1. The van der Waals surface area contributed by atoms with E-state index < -0.39 is 17.6 Å². The Hall–Kier alpha value is -2.73. The van der Waals surface area contributed by atoms with E-state index in [0.717, 1.165) is 18.4 Å². The molecule has 6 nitrogen and oxygen atoms in total. The van der Waals surface area contributed by atoms with Crippen LogP contribution >= 0.6 is 0 Å². The van der Waals surface area contributed by atoms with Gasteiger partial charge in [-0.1, -0.05) is 30.3 Å². The summed E-state index contributed by atoms with van der Waals surface area (Å²) < 4.78 is 1.39. The molecule has 1 heterocycles. The highest BCUT2D eigenvalue weighted by atomic mass is 16.3. The fourth-order valence-corrected chi connectivity index (χ4v) is 3.13. The molecule has 0 saturated heterocycles. The SMILES string of the molecule is CNC(=O)c1cc(C(=O)C[C@@H]2CC[C@H]2O)cn(Cc2ccccc2)c1=O.